The van der Waals surface area contributed by atoms with E-state index in [0.717, 1.165) is 51.6 Å². The van der Waals surface area contributed by atoms with E-state index in [-0.39, 0.29) is 11.9 Å². The lowest BCUT2D eigenvalue weighted by atomic mass is 9.82. The lowest BCUT2D eigenvalue weighted by Gasteiger charge is -2.29. The van der Waals surface area contributed by atoms with Gasteiger partial charge in [0.25, 0.3) is 5.91 Å². The summed E-state index contributed by atoms with van der Waals surface area (Å²) in [6.45, 7) is 2.02. The molecule has 1 aliphatic carbocycles. The van der Waals surface area contributed by atoms with Crippen LogP contribution in [0.25, 0.3) is 0 Å². The molecule has 1 atom stereocenters. The first-order chi connectivity index (χ1) is 12.8. The summed E-state index contributed by atoms with van der Waals surface area (Å²) in [5.41, 5.74) is 1.97. The van der Waals surface area contributed by atoms with E-state index in [0.29, 0.717) is 17.7 Å². The Balaban J connectivity index is 1.29. The summed E-state index contributed by atoms with van der Waals surface area (Å²) in [5, 5.41) is 11.1. The normalized spacial score (nSPS) is 26.4. The Labute approximate surface area is 155 Å². The number of benzene rings is 1. The predicted octanol–water partition coefficient (Wildman–Crippen LogP) is 3.26. The van der Waals surface area contributed by atoms with E-state index in [2.05, 4.69) is 46.1 Å². The highest BCUT2D eigenvalue weighted by atomic mass is 16.2. The molecule has 2 fully saturated rings. The number of amides is 1. The summed E-state index contributed by atoms with van der Waals surface area (Å²) in [7, 11) is 0. The third-order valence-corrected chi connectivity index (χ3v) is 5.82. The third kappa shape index (κ3) is 3.98. The molecule has 5 heteroatoms. The van der Waals surface area contributed by atoms with Gasteiger partial charge in [-0.2, -0.15) is 5.10 Å². The van der Waals surface area contributed by atoms with Gasteiger partial charge in [0.2, 0.25) is 0 Å². The van der Waals surface area contributed by atoms with Gasteiger partial charge in [-0.25, -0.2) is 0 Å². The highest BCUT2D eigenvalue weighted by molar-refractivity contribution is 5.92. The van der Waals surface area contributed by atoms with Crippen molar-refractivity contribution in [2.24, 2.45) is 0 Å². The van der Waals surface area contributed by atoms with Crippen LogP contribution in [0.15, 0.2) is 42.6 Å². The Kier molecular flexibility index (Phi) is 5.34. The number of carbonyl (C=O) groups excluding carboxylic acids is 1. The molecule has 1 aromatic heterocycles. The maximum absolute atomic E-state index is 12.6. The van der Waals surface area contributed by atoms with Gasteiger partial charge in [0.05, 0.1) is 6.04 Å². The Morgan fingerprint density at radius 3 is 2.62 bits per heavy atom. The predicted molar refractivity (Wildman–Crippen MR) is 102 cm³/mol. The van der Waals surface area contributed by atoms with E-state index >= 15 is 0 Å². The maximum atomic E-state index is 12.6. The SMILES string of the molecule is O=C(NC1CCC(c2ccccc2)CC1)c1ccn(C2CCCNC2)n1. The van der Waals surface area contributed by atoms with E-state index in [4.69, 9.17) is 0 Å². The van der Waals surface area contributed by atoms with Crippen molar-refractivity contribution < 1.29 is 4.79 Å². The topological polar surface area (TPSA) is 59.0 Å². The molecule has 1 unspecified atom stereocenters. The molecule has 4 rings (SSSR count). The molecule has 26 heavy (non-hydrogen) atoms. The fourth-order valence-electron chi connectivity index (χ4n) is 4.28. The van der Waals surface area contributed by atoms with Crippen molar-refractivity contribution >= 4 is 5.91 Å². The number of aromatic nitrogens is 2. The van der Waals surface area contributed by atoms with E-state index in [9.17, 15) is 4.79 Å². The van der Waals surface area contributed by atoms with Crippen molar-refractivity contribution in [3.63, 3.8) is 0 Å². The van der Waals surface area contributed by atoms with Crippen molar-refractivity contribution in [1.82, 2.24) is 20.4 Å². The van der Waals surface area contributed by atoms with Crippen molar-refractivity contribution in [3.05, 3.63) is 53.9 Å². The maximum Gasteiger partial charge on any atom is 0.271 e. The van der Waals surface area contributed by atoms with Crippen LogP contribution >= 0.6 is 0 Å². The lowest BCUT2D eigenvalue weighted by Crippen LogP contribution is -2.37. The Bertz CT molecular complexity index is 713. The second kappa shape index (κ2) is 8.04. The molecule has 1 saturated carbocycles. The van der Waals surface area contributed by atoms with Crippen LogP contribution < -0.4 is 10.6 Å². The zero-order valence-corrected chi connectivity index (χ0v) is 15.2. The second-order valence-electron chi connectivity index (χ2n) is 7.61. The summed E-state index contributed by atoms with van der Waals surface area (Å²) < 4.78 is 1.95. The molecule has 5 nitrogen and oxygen atoms in total. The van der Waals surface area contributed by atoms with Crippen LogP contribution in [0, 0.1) is 0 Å². The van der Waals surface area contributed by atoms with Gasteiger partial charge < -0.3 is 10.6 Å². The van der Waals surface area contributed by atoms with Gasteiger partial charge in [-0.3, -0.25) is 9.48 Å². The smallest absolute Gasteiger partial charge is 0.271 e. The average molecular weight is 352 g/mol. The molecule has 2 aromatic rings. The minimum absolute atomic E-state index is 0.0318. The number of rotatable bonds is 4. The van der Waals surface area contributed by atoms with Crippen molar-refractivity contribution in [2.75, 3.05) is 13.1 Å². The van der Waals surface area contributed by atoms with Gasteiger partial charge in [-0.05, 0) is 62.6 Å². The number of hydrogen-bond acceptors (Lipinski definition) is 3. The number of hydrogen-bond donors (Lipinski definition) is 2. The van der Waals surface area contributed by atoms with Crippen molar-refractivity contribution in [2.45, 2.75) is 56.5 Å². The van der Waals surface area contributed by atoms with E-state index in [1.807, 2.05) is 16.9 Å². The van der Waals surface area contributed by atoms with Crippen LogP contribution in [-0.2, 0) is 0 Å². The first-order valence-corrected chi connectivity index (χ1v) is 9.91. The van der Waals surface area contributed by atoms with Gasteiger partial charge in [-0.15, -0.1) is 0 Å². The molecule has 1 amide bonds. The molecular weight excluding hydrogens is 324 g/mol. The van der Waals surface area contributed by atoms with Gasteiger partial charge in [-0.1, -0.05) is 30.3 Å². The molecule has 1 aliphatic heterocycles. The molecule has 2 aliphatic rings. The van der Waals surface area contributed by atoms with Crippen LogP contribution in [0.1, 0.15) is 66.5 Å². The third-order valence-electron chi connectivity index (χ3n) is 5.82. The van der Waals surface area contributed by atoms with Gasteiger partial charge in [0.15, 0.2) is 0 Å². The van der Waals surface area contributed by atoms with Crippen LogP contribution in [0.5, 0.6) is 0 Å². The monoisotopic (exact) mass is 352 g/mol. The minimum atomic E-state index is -0.0318. The molecule has 1 aromatic carbocycles. The van der Waals surface area contributed by atoms with Gasteiger partial charge in [0, 0.05) is 18.8 Å². The van der Waals surface area contributed by atoms with Crippen LogP contribution in [0.2, 0.25) is 0 Å². The molecular formula is C21H28N4O. The highest BCUT2D eigenvalue weighted by Crippen LogP contribution is 2.32. The number of carbonyl (C=O) groups is 1. The molecule has 0 radical (unpaired) electrons. The number of nitrogens with zero attached hydrogens (tertiary/aromatic N) is 2. The summed E-state index contributed by atoms with van der Waals surface area (Å²) in [6.07, 6.45) is 8.58. The molecule has 1 saturated heterocycles. The summed E-state index contributed by atoms with van der Waals surface area (Å²) in [4.78, 5) is 12.6. The largest absolute Gasteiger partial charge is 0.348 e. The van der Waals surface area contributed by atoms with Gasteiger partial charge in [0.1, 0.15) is 5.69 Å². The van der Waals surface area contributed by atoms with Crippen LogP contribution in [0.3, 0.4) is 0 Å². The average Bonchev–Trinajstić information content (AvgIpc) is 3.20. The van der Waals surface area contributed by atoms with Gasteiger partial charge >= 0.3 is 0 Å². The fraction of sp³-hybridized carbons (Fsp3) is 0.524. The fourth-order valence-corrected chi connectivity index (χ4v) is 4.28. The molecule has 0 spiro atoms. The van der Waals surface area contributed by atoms with E-state index < -0.39 is 0 Å². The molecule has 2 N–H and O–H groups in total. The van der Waals surface area contributed by atoms with Crippen LogP contribution in [0.4, 0.5) is 0 Å². The quantitative estimate of drug-likeness (QED) is 0.888. The molecule has 138 valence electrons. The highest BCUT2D eigenvalue weighted by Gasteiger charge is 2.25. The van der Waals surface area contributed by atoms with Crippen molar-refractivity contribution in [1.29, 1.82) is 0 Å². The molecule has 0 bridgehead atoms. The first-order valence-electron chi connectivity index (χ1n) is 9.91. The van der Waals surface area contributed by atoms with E-state index in [1.165, 1.54) is 5.56 Å². The number of nitrogens with one attached hydrogen (secondary N) is 2. The summed E-state index contributed by atoms with van der Waals surface area (Å²) in [6, 6.07) is 13.2. The summed E-state index contributed by atoms with van der Waals surface area (Å²) in [5.74, 6) is 0.595. The van der Waals surface area contributed by atoms with Crippen LogP contribution in [-0.4, -0.2) is 34.8 Å². The second-order valence-corrected chi connectivity index (χ2v) is 7.61. The number of piperidine rings is 1. The summed E-state index contributed by atoms with van der Waals surface area (Å²) >= 11 is 0. The molecule has 2 heterocycles. The zero-order valence-electron chi connectivity index (χ0n) is 15.2. The lowest BCUT2D eigenvalue weighted by molar-refractivity contribution is 0.0919. The Morgan fingerprint density at radius 2 is 1.88 bits per heavy atom. The van der Waals surface area contributed by atoms with E-state index in [1.54, 1.807) is 0 Å². The Morgan fingerprint density at radius 1 is 1.08 bits per heavy atom. The zero-order chi connectivity index (χ0) is 17.8. The van der Waals surface area contributed by atoms with Crippen molar-refractivity contribution in [3.8, 4) is 0 Å². The standard InChI is InChI=1S/C21H28N4O/c26-21(20-12-14-25(24-20)19-7-4-13-22-15-19)23-18-10-8-17(9-11-18)16-5-2-1-3-6-16/h1-3,5-6,12,14,17-19,22H,4,7-11,13,15H2,(H,23,26). The Hall–Kier alpha value is -2.14. The first kappa shape index (κ1) is 17.3. The minimum Gasteiger partial charge on any atom is -0.348 e.